The molecule has 0 fully saturated rings. The second-order valence-corrected chi connectivity index (χ2v) is 8.28. The first-order valence-electron chi connectivity index (χ1n) is 7.10. The van der Waals surface area contributed by atoms with Gasteiger partial charge < -0.3 is 18.6 Å². The van der Waals surface area contributed by atoms with Gasteiger partial charge in [-0.05, 0) is 0 Å². The topological polar surface area (TPSA) is 36.9 Å². The van der Waals surface area contributed by atoms with Crippen LogP contribution in [-0.4, -0.2) is 14.2 Å². The highest BCUT2D eigenvalue weighted by atomic mass is 35.5. The fraction of sp³-hybridized carbons (Fsp3) is 0. The van der Waals surface area contributed by atoms with E-state index in [2.05, 4.69) is 11.6 Å². The van der Waals surface area contributed by atoms with Crippen LogP contribution in [0.5, 0.6) is 23.0 Å². The Labute approximate surface area is 199 Å². The first-order valence-corrected chi connectivity index (χ1v) is 10.1. The van der Waals surface area contributed by atoms with Crippen molar-refractivity contribution in [3.05, 3.63) is 40.2 Å². The summed E-state index contributed by atoms with van der Waals surface area (Å²) < 4.78 is 22.1. The van der Waals surface area contributed by atoms with E-state index in [-0.39, 0.29) is 63.2 Å². The minimum Gasteiger partial charge on any atom is -0.511 e. The van der Waals surface area contributed by atoms with Gasteiger partial charge in [0.1, 0.15) is 20.1 Å². The summed E-state index contributed by atoms with van der Waals surface area (Å²) in [5, 5.41) is 0.386. The number of rotatable bonds is 0. The third-order valence-electron chi connectivity index (χ3n) is 3.58. The number of hydrogen-bond donors (Lipinski definition) is 0. The van der Waals surface area contributed by atoms with Crippen molar-refractivity contribution < 1.29 is 18.6 Å². The van der Waals surface area contributed by atoms with Crippen LogP contribution in [0, 0.1) is 11.6 Å². The summed E-state index contributed by atoms with van der Waals surface area (Å²) in [6.45, 7) is 0. The van der Waals surface area contributed by atoms with E-state index in [1.54, 1.807) is 0 Å². The number of hydrogen-bond acceptors (Lipinski definition) is 4. The Balaban J connectivity index is 1.57. The Bertz CT molecular complexity index is 942. The van der Waals surface area contributed by atoms with Crippen LogP contribution < -0.4 is 18.6 Å². The molecule has 0 aromatic heterocycles. The van der Waals surface area contributed by atoms with Crippen LogP contribution in [-0.2, 0) is 0 Å². The summed E-state index contributed by atoms with van der Waals surface area (Å²) >= 11 is 48.4. The van der Waals surface area contributed by atoms with Gasteiger partial charge in [-0.3, -0.25) is 0 Å². The lowest BCUT2D eigenvalue weighted by molar-refractivity contribution is 0.516. The molecule has 14 heteroatoms. The van der Waals surface area contributed by atoms with Crippen LogP contribution in [0.1, 0.15) is 0 Å². The lowest BCUT2D eigenvalue weighted by Crippen LogP contribution is -2.27. The summed E-state index contributed by atoms with van der Waals surface area (Å²) in [4.78, 5) is 0. The minimum atomic E-state index is -1.06. The summed E-state index contributed by atoms with van der Waals surface area (Å²) in [6, 6.07) is 0. The van der Waals surface area contributed by atoms with Crippen molar-refractivity contribution in [1.82, 2.24) is 0 Å². The van der Waals surface area contributed by atoms with Gasteiger partial charge in [-0.2, -0.15) is 0 Å². The van der Waals surface area contributed by atoms with E-state index in [0.29, 0.717) is 0 Å². The third kappa shape index (κ3) is 3.31. The average molecular weight is 537 g/mol. The predicted molar refractivity (Wildman–Crippen MR) is 115 cm³/mol. The summed E-state index contributed by atoms with van der Waals surface area (Å²) in [5.74, 6) is 5.84. The molecule has 2 aliphatic rings. The molecule has 0 atom stereocenters. The van der Waals surface area contributed by atoms with Gasteiger partial charge in [0, 0.05) is 0 Å². The molecule has 0 bridgehead atoms. The van der Waals surface area contributed by atoms with Crippen molar-refractivity contribution in [2.24, 2.45) is 0 Å². The maximum absolute atomic E-state index is 6.10. The van der Waals surface area contributed by atoms with Gasteiger partial charge in [0.25, 0.3) is 0 Å². The Hall–Kier alpha value is -0.350. The smallest absolute Gasteiger partial charge is 0.511 e. The Kier molecular flexibility index (Phi) is 5.77. The van der Waals surface area contributed by atoms with E-state index in [0.717, 1.165) is 0 Å². The van der Waals surface area contributed by atoms with E-state index in [4.69, 9.17) is 111 Å². The van der Waals surface area contributed by atoms with Crippen LogP contribution >= 0.6 is 92.8 Å². The van der Waals surface area contributed by atoms with Crippen molar-refractivity contribution in [3.63, 3.8) is 0 Å². The van der Waals surface area contributed by atoms with E-state index < -0.39 is 14.2 Å². The molecule has 4 nitrogen and oxygen atoms in total. The van der Waals surface area contributed by atoms with Gasteiger partial charge in [-0.1, -0.05) is 104 Å². The highest BCUT2D eigenvalue weighted by Crippen LogP contribution is 2.54. The van der Waals surface area contributed by atoms with Gasteiger partial charge >= 0.3 is 14.2 Å². The van der Waals surface area contributed by atoms with Crippen LogP contribution in [0.3, 0.4) is 0 Å². The SMILES string of the molecule is Clc1c(Cl)c(Cl)c2c(c1Cl)OB(C#CB1Oc3c(Cl)c(Cl)c(Cl)c(Cl)c3O1)O2. The Morgan fingerprint density at radius 3 is 0.821 bits per heavy atom. The number of halogens is 8. The molecule has 0 spiro atoms. The summed E-state index contributed by atoms with van der Waals surface area (Å²) in [6.07, 6.45) is 0. The molecule has 0 saturated carbocycles. The molecule has 142 valence electrons. The monoisotopic (exact) mass is 534 g/mol. The zero-order valence-electron chi connectivity index (χ0n) is 12.8. The Morgan fingerprint density at radius 1 is 0.393 bits per heavy atom. The van der Waals surface area contributed by atoms with Gasteiger partial charge in [-0.15, -0.1) is 0 Å². The highest BCUT2D eigenvalue weighted by Gasteiger charge is 2.40. The van der Waals surface area contributed by atoms with Crippen molar-refractivity contribution in [1.29, 1.82) is 0 Å². The molecule has 2 aromatic rings. The highest BCUT2D eigenvalue weighted by molar-refractivity contribution is 6.65. The fourth-order valence-electron chi connectivity index (χ4n) is 2.33. The lowest BCUT2D eigenvalue weighted by Gasteiger charge is -2.06. The quantitative estimate of drug-likeness (QED) is 0.154. The molecular weight excluding hydrogens is 537 g/mol. The molecule has 2 aliphatic heterocycles. The minimum absolute atomic E-state index is 0.0419. The molecule has 0 N–H and O–H groups in total. The number of fused-ring (bicyclic) bond motifs is 2. The molecular formula is C14B2Cl8O4. The van der Waals surface area contributed by atoms with Crippen molar-refractivity contribution in [2.75, 3.05) is 0 Å². The molecule has 0 unspecified atom stereocenters. The van der Waals surface area contributed by atoms with Crippen LogP contribution in [0.4, 0.5) is 0 Å². The second-order valence-electron chi connectivity index (χ2n) is 5.25. The maximum atomic E-state index is 6.10. The van der Waals surface area contributed by atoms with E-state index in [9.17, 15) is 0 Å². The second kappa shape index (κ2) is 7.72. The van der Waals surface area contributed by atoms with Crippen LogP contribution in [0.2, 0.25) is 40.2 Å². The van der Waals surface area contributed by atoms with Gasteiger partial charge in [-0.25, -0.2) is 0 Å². The lowest BCUT2D eigenvalue weighted by atomic mass is 9.84. The van der Waals surface area contributed by atoms with Crippen LogP contribution in [0.15, 0.2) is 0 Å². The molecule has 2 heterocycles. The standard InChI is InChI=1S/C14B2Cl8O4/c17-3-4(18)8(22)12-11(7(3)21)25-15(26-12)1-2-16-27-13-9(23)5(19)6(20)10(24)14(13)28-16. The summed E-state index contributed by atoms with van der Waals surface area (Å²) in [7, 11) is -2.12. The van der Waals surface area contributed by atoms with Crippen LogP contribution in [0.25, 0.3) is 0 Å². The van der Waals surface area contributed by atoms with E-state index >= 15 is 0 Å². The molecule has 4 rings (SSSR count). The van der Waals surface area contributed by atoms with Crippen molar-refractivity contribution in [3.8, 4) is 34.6 Å². The molecule has 0 amide bonds. The normalized spacial score (nSPS) is 13.7. The molecule has 0 saturated heterocycles. The number of benzene rings is 2. The van der Waals surface area contributed by atoms with Gasteiger partial charge in [0.15, 0.2) is 23.0 Å². The third-order valence-corrected chi connectivity index (χ3v) is 7.12. The van der Waals surface area contributed by atoms with Crippen molar-refractivity contribution in [2.45, 2.75) is 0 Å². The first kappa shape index (κ1) is 20.9. The summed E-state index contributed by atoms with van der Waals surface area (Å²) in [5.41, 5.74) is 0. The van der Waals surface area contributed by atoms with Crippen molar-refractivity contribution >= 4 is 107 Å². The molecule has 2 aromatic carbocycles. The Morgan fingerprint density at radius 2 is 0.607 bits per heavy atom. The zero-order valence-corrected chi connectivity index (χ0v) is 18.9. The molecule has 0 radical (unpaired) electrons. The average Bonchev–Trinajstić information content (AvgIpc) is 3.30. The largest absolute Gasteiger partial charge is 0.689 e. The van der Waals surface area contributed by atoms with Gasteiger partial charge in [0.2, 0.25) is 0 Å². The maximum Gasteiger partial charge on any atom is 0.689 e. The molecule has 0 aliphatic carbocycles. The van der Waals surface area contributed by atoms with E-state index in [1.165, 1.54) is 0 Å². The predicted octanol–water partition coefficient (Wildman–Crippen LogP) is 7.21. The van der Waals surface area contributed by atoms with E-state index in [1.807, 2.05) is 0 Å². The molecule has 28 heavy (non-hydrogen) atoms. The fourth-order valence-corrected chi connectivity index (χ4v) is 4.15. The zero-order chi connectivity index (χ0) is 20.3. The van der Waals surface area contributed by atoms with Gasteiger partial charge in [0.05, 0.1) is 20.1 Å². The first-order chi connectivity index (χ1) is 13.2.